The quantitative estimate of drug-likeness (QED) is 0.715. The van der Waals surface area contributed by atoms with Crippen LogP contribution < -0.4 is 5.73 Å². The molecular weight excluding hydrogens is 193 g/mol. The highest BCUT2D eigenvalue weighted by Gasteiger charge is 2.38. The van der Waals surface area contributed by atoms with Crippen LogP contribution in [-0.4, -0.2) is 11.2 Å². The van der Waals surface area contributed by atoms with E-state index in [2.05, 4.69) is 4.98 Å². The highest BCUT2D eigenvalue weighted by molar-refractivity contribution is 5.85. The second-order valence-electron chi connectivity index (χ2n) is 2.14. The van der Waals surface area contributed by atoms with Crippen LogP contribution in [0, 0.1) is 0 Å². The molecule has 12 heavy (non-hydrogen) atoms. The van der Waals surface area contributed by atoms with Crippen molar-refractivity contribution in [3.05, 3.63) is 24.0 Å². The molecule has 0 spiro atoms. The Morgan fingerprint density at radius 3 is 2.33 bits per heavy atom. The van der Waals surface area contributed by atoms with Crippen LogP contribution in [0.1, 0.15) is 11.7 Å². The lowest BCUT2D eigenvalue weighted by molar-refractivity contribution is -0.149. The standard InChI is InChI=1S/C6H7F3N2.ClH/c7-6(8,9)5(10)4-2-1-3-11-4;/h1-3,5,11H,10H2;1H/t5-;/m1./s1. The van der Waals surface area contributed by atoms with E-state index < -0.39 is 12.2 Å². The smallest absolute Gasteiger partial charge is 0.363 e. The van der Waals surface area contributed by atoms with Gasteiger partial charge in [-0.3, -0.25) is 0 Å². The van der Waals surface area contributed by atoms with Crippen LogP contribution in [0.25, 0.3) is 0 Å². The Morgan fingerprint density at radius 2 is 2.00 bits per heavy atom. The molecule has 6 heteroatoms. The average Bonchev–Trinajstić information content (AvgIpc) is 2.34. The molecule has 0 aromatic carbocycles. The van der Waals surface area contributed by atoms with Crippen LogP contribution in [0.5, 0.6) is 0 Å². The van der Waals surface area contributed by atoms with Crippen molar-refractivity contribution in [2.24, 2.45) is 5.73 Å². The Morgan fingerprint density at radius 1 is 1.42 bits per heavy atom. The summed E-state index contributed by atoms with van der Waals surface area (Å²) in [5.74, 6) is 0. The second-order valence-corrected chi connectivity index (χ2v) is 2.14. The van der Waals surface area contributed by atoms with Crippen LogP contribution in [0.4, 0.5) is 13.2 Å². The lowest BCUT2D eigenvalue weighted by atomic mass is 10.2. The molecule has 0 saturated heterocycles. The van der Waals surface area contributed by atoms with Gasteiger partial charge in [0.2, 0.25) is 0 Å². The number of halogens is 4. The van der Waals surface area contributed by atoms with Crippen molar-refractivity contribution in [3.8, 4) is 0 Å². The van der Waals surface area contributed by atoms with Crippen LogP contribution in [0.3, 0.4) is 0 Å². The first kappa shape index (κ1) is 11.3. The summed E-state index contributed by atoms with van der Waals surface area (Å²) in [6, 6.07) is 0.872. The number of aromatic amines is 1. The molecule has 1 atom stereocenters. The largest absolute Gasteiger partial charge is 0.409 e. The SMILES string of the molecule is Cl.N[C@H](c1ccc[nH]1)C(F)(F)F. The highest BCUT2D eigenvalue weighted by Crippen LogP contribution is 2.28. The van der Waals surface area contributed by atoms with Gasteiger partial charge in [-0.25, -0.2) is 0 Å². The number of rotatable bonds is 1. The molecule has 1 rings (SSSR count). The third kappa shape index (κ3) is 2.42. The number of alkyl halides is 3. The van der Waals surface area contributed by atoms with Crippen LogP contribution >= 0.6 is 12.4 Å². The highest BCUT2D eigenvalue weighted by atomic mass is 35.5. The van der Waals surface area contributed by atoms with Gasteiger partial charge in [0.05, 0.1) is 0 Å². The van der Waals surface area contributed by atoms with E-state index in [9.17, 15) is 13.2 Å². The zero-order valence-corrected chi connectivity index (χ0v) is 6.75. The fraction of sp³-hybridized carbons (Fsp3) is 0.333. The molecule has 0 amide bonds. The molecule has 1 heterocycles. The van der Waals surface area contributed by atoms with E-state index in [1.165, 1.54) is 18.3 Å². The minimum absolute atomic E-state index is 0. The normalized spacial score (nSPS) is 13.7. The predicted molar refractivity (Wildman–Crippen MR) is 41.0 cm³/mol. The van der Waals surface area contributed by atoms with Gasteiger partial charge in [0.1, 0.15) is 6.04 Å². The van der Waals surface area contributed by atoms with Gasteiger partial charge in [0, 0.05) is 11.9 Å². The minimum Gasteiger partial charge on any atom is -0.363 e. The van der Waals surface area contributed by atoms with Crippen molar-refractivity contribution in [1.82, 2.24) is 4.98 Å². The zero-order valence-electron chi connectivity index (χ0n) is 5.93. The fourth-order valence-corrected chi connectivity index (χ4v) is 0.714. The molecule has 0 saturated carbocycles. The molecule has 1 aromatic heterocycles. The number of aromatic nitrogens is 1. The first-order valence-corrected chi connectivity index (χ1v) is 2.97. The first-order chi connectivity index (χ1) is 5.02. The minimum atomic E-state index is -4.37. The van der Waals surface area contributed by atoms with Gasteiger partial charge in [0.25, 0.3) is 0 Å². The number of hydrogen-bond acceptors (Lipinski definition) is 1. The average molecular weight is 201 g/mol. The summed E-state index contributed by atoms with van der Waals surface area (Å²) in [4.78, 5) is 2.40. The van der Waals surface area contributed by atoms with Gasteiger partial charge in [-0.05, 0) is 12.1 Å². The third-order valence-corrected chi connectivity index (χ3v) is 1.31. The molecule has 70 valence electrons. The second kappa shape index (κ2) is 3.82. The zero-order chi connectivity index (χ0) is 8.48. The molecule has 0 bridgehead atoms. The van der Waals surface area contributed by atoms with E-state index in [0.29, 0.717) is 0 Å². The number of nitrogens with two attached hydrogens (primary N) is 1. The van der Waals surface area contributed by atoms with Gasteiger partial charge >= 0.3 is 6.18 Å². The topological polar surface area (TPSA) is 41.8 Å². The van der Waals surface area contributed by atoms with Gasteiger partial charge in [0.15, 0.2) is 0 Å². The lowest BCUT2D eigenvalue weighted by Crippen LogP contribution is -2.28. The van der Waals surface area contributed by atoms with E-state index in [-0.39, 0.29) is 18.1 Å². The summed E-state index contributed by atoms with van der Waals surface area (Å²) < 4.78 is 35.6. The predicted octanol–water partition coefficient (Wildman–Crippen LogP) is 2.00. The van der Waals surface area contributed by atoms with E-state index >= 15 is 0 Å². The maximum Gasteiger partial charge on any atom is 0.409 e. The molecule has 1 aromatic rings. The van der Waals surface area contributed by atoms with Crippen LogP contribution in [0.15, 0.2) is 18.3 Å². The van der Waals surface area contributed by atoms with Crippen LogP contribution in [-0.2, 0) is 0 Å². The van der Waals surface area contributed by atoms with E-state index in [0.717, 1.165) is 0 Å². The van der Waals surface area contributed by atoms with E-state index in [1.807, 2.05) is 0 Å². The third-order valence-electron chi connectivity index (χ3n) is 1.31. The summed E-state index contributed by atoms with van der Waals surface area (Å²) in [6.07, 6.45) is -2.97. The monoisotopic (exact) mass is 200 g/mol. The Balaban J connectivity index is 0.00000121. The number of H-pyrrole nitrogens is 1. The maximum atomic E-state index is 11.9. The molecule has 0 unspecified atom stereocenters. The molecule has 0 aliphatic carbocycles. The molecule has 0 radical (unpaired) electrons. The summed E-state index contributed by atoms with van der Waals surface area (Å²) >= 11 is 0. The van der Waals surface area contributed by atoms with Gasteiger partial charge < -0.3 is 10.7 Å². The molecule has 0 fully saturated rings. The first-order valence-electron chi connectivity index (χ1n) is 2.97. The molecule has 0 aliphatic rings. The van der Waals surface area contributed by atoms with Crippen molar-refractivity contribution in [2.45, 2.75) is 12.2 Å². The molecular formula is C6H8ClF3N2. The molecule has 3 N–H and O–H groups in total. The number of hydrogen-bond donors (Lipinski definition) is 2. The van der Waals surface area contributed by atoms with Crippen LogP contribution in [0.2, 0.25) is 0 Å². The Bertz CT molecular complexity index is 219. The Hall–Kier alpha value is -0.680. The fourth-order valence-electron chi connectivity index (χ4n) is 0.714. The Labute approximate surface area is 73.4 Å². The summed E-state index contributed by atoms with van der Waals surface area (Å²) in [6.45, 7) is 0. The van der Waals surface area contributed by atoms with Crippen molar-refractivity contribution in [3.63, 3.8) is 0 Å². The van der Waals surface area contributed by atoms with E-state index in [4.69, 9.17) is 5.73 Å². The van der Waals surface area contributed by atoms with Gasteiger partial charge in [-0.15, -0.1) is 12.4 Å². The molecule has 0 aliphatic heterocycles. The van der Waals surface area contributed by atoms with Gasteiger partial charge in [-0.2, -0.15) is 13.2 Å². The van der Waals surface area contributed by atoms with Crippen molar-refractivity contribution in [1.29, 1.82) is 0 Å². The Kier molecular flexibility index (Phi) is 3.60. The lowest BCUT2D eigenvalue weighted by Gasteiger charge is -2.13. The maximum absolute atomic E-state index is 11.9. The van der Waals surface area contributed by atoms with Crippen molar-refractivity contribution >= 4 is 12.4 Å². The van der Waals surface area contributed by atoms with Crippen molar-refractivity contribution in [2.75, 3.05) is 0 Å². The molecule has 2 nitrogen and oxygen atoms in total. The summed E-state index contributed by atoms with van der Waals surface area (Å²) in [5.41, 5.74) is 4.84. The summed E-state index contributed by atoms with van der Waals surface area (Å²) in [5, 5.41) is 0. The van der Waals surface area contributed by atoms with E-state index in [1.54, 1.807) is 0 Å². The van der Waals surface area contributed by atoms with Gasteiger partial charge in [-0.1, -0.05) is 0 Å². The number of nitrogens with one attached hydrogen (secondary N) is 1. The summed E-state index contributed by atoms with van der Waals surface area (Å²) in [7, 11) is 0. The van der Waals surface area contributed by atoms with Crippen molar-refractivity contribution < 1.29 is 13.2 Å².